The molecule has 0 N–H and O–H groups in total. The third kappa shape index (κ3) is 7.78. The average Bonchev–Trinajstić information content (AvgIpc) is 3.87. The number of oxazole rings is 1. The topological polar surface area (TPSA) is 55.1 Å². The van der Waals surface area contributed by atoms with Gasteiger partial charge in [0, 0.05) is 44.9 Å². The van der Waals surface area contributed by atoms with E-state index in [9.17, 15) is 0 Å². The van der Waals surface area contributed by atoms with Gasteiger partial charge in [-0.3, -0.25) is 0 Å². The molecule has 12 rings (SSSR count). The van der Waals surface area contributed by atoms with Crippen LogP contribution >= 0.6 is 0 Å². The van der Waals surface area contributed by atoms with Gasteiger partial charge >= 0.3 is 0 Å². The van der Waals surface area contributed by atoms with Gasteiger partial charge in [-0.2, -0.15) is 0 Å². The Morgan fingerprint density at radius 1 is 0.279 bits per heavy atom. The van der Waals surface area contributed by atoms with Crippen LogP contribution < -0.4 is 4.90 Å². The molecule has 0 spiro atoms. The predicted octanol–water partition coefficient (Wildman–Crippen LogP) is 16.9. The zero-order valence-electron chi connectivity index (χ0n) is 36.9. The smallest absolute Gasteiger partial charge is 0.227 e. The number of aromatic nitrogens is 3. The van der Waals surface area contributed by atoms with Crippen molar-refractivity contribution in [2.45, 2.75) is 0 Å². The van der Waals surface area contributed by atoms with E-state index in [-0.39, 0.29) is 0 Å². The minimum Gasteiger partial charge on any atom is -0.436 e. The molecule has 2 heterocycles. The lowest BCUT2D eigenvalue weighted by Crippen LogP contribution is -2.09. The number of hydrogen-bond acceptors (Lipinski definition) is 5. The molecule has 0 saturated heterocycles. The van der Waals surface area contributed by atoms with E-state index in [0.29, 0.717) is 5.89 Å². The largest absolute Gasteiger partial charge is 0.436 e. The fourth-order valence-electron chi connectivity index (χ4n) is 9.14. The molecule has 0 saturated carbocycles. The Morgan fingerprint density at radius 3 is 1.19 bits per heavy atom. The summed E-state index contributed by atoms with van der Waals surface area (Å²) in [5.74, 6) is 0.596. The maximum absolute atomic E-state index is 6.12. The molecular formula is C63H42N4O. The number of benzene rings is 10. The summed E-state index contributed by atoms with van der Waals surface area (Å²) in [6, 6.07) is 88.8. The van der Waals surface area contributed by atoms with Crippen molar-refractivity contribution >= 4 is 39.2 Å². The lowest BCUT2D eigenvalue weighted by atomic mass is 9.93. The van der Waals surface area contributed by atoms with Gasteiger partial charge in [-0.05, 0) is 106 Å². The minimum atomic E-state index is 0.596. The summed E-state index contributed by atoms with van der Waals surface area (Å²) in [4.78, 5) is 18.4. The molecule has 0 atom stereocenters. The summed E-state index contributed by atoms with van der Waals surface area (Å²) < 4.78 is 6.12. The Kier molecular flexibility index (Phi) is 10.5. The van der Waals surface area contributed by atoms with Crippen molar-refractivity contribution in [3.05, 3.63) is 255 Å². The van der Waals surface area contributed by atoms with Gasteiger partial charge in [0.1, 0.15) is 5.52 Å². The molecule has 0 amide bonds. The molecule has 5 heteroatoms. The molecule has 0 aliphatic carbocycles. The highest BCUT2D eigenvalue weighted by Crippen LogP contribution is 2.42. The highest BCUT2D eigenvalue weighted by molar-refractivity contribution is 6.03. The van der Waals surface area contributed by atoms with Gasteiger partial charge in [0.15, 0.2) is 5.58 Å². The Balaban J connectivity index is 1.01. The van der Waals surface area contributed by atoms with Gasteiger partial charge < -0.3 is 9.32 Å². The number of para-hydroxylation sites is 3. The van der Waals surface area contributed by atoms with Crippen LogP contribution in [0.25, 0.3) is 101 Å². The van der Waals surface area contributed by atoms with E-state index in [2.05, 4.69) is 223 Å². The maximum atomic E-state index is 6.12. The van der Waals surface area contributed by atoms with Crippen molar-refractivity contribution in [1.29, 1.82) is 0 Å². The molecule has 10 aromatic carbocycles. The molecule has 0 aliphatic heterocycles. The predicted molar refractivity (Wildman–Crippen MR) is 280 cm³/mol. The van der Waals surface area contributed by atoms with Crippen molar-refractivity contribution in [3.8, 4) is 78.5 Å². The SMILES string of the molecule is c1ccc(-c2cccc(-c3ccc(-c4cccc(-c5ccccc5)c4)c4nc(-c5ccc(N(c6ccccc6)c6ccc(-c7nc8ccccc8o7)cc6)cc5)c(-c5ccccc5)nc34)c2)cc1. The molecule has 0 aliphatic rings. The first kappa shape index (κ1) is 40.3. The highest BCUT2D eigenvalue weighted by atomic mass is 16.3. The molecule has 0 bridgehead atoms. The van der Waals surface area contributed by atoms with Gasteiger partial charge in [0.2, 0.25) is 5.89 Å². The van der Waals surface area contributed by atoms with Crippen LogP contribution in [0.3, 0.4) is 0 Å². The molecule has 68 heavy (non-hydrogen) atoms. The van der Waals surface area contributed by atoms with Crippen LogP contribution in [0.15, 0.2) is 259 Å². The highest BCUT2D eigenvalue weighted by Gasteiger charge is 2.21. The summed E-state index contributed by atoms with van der Waals surface area (Å²) in [5, 5.41) is 0. The molecule has 12 aromatic rings. The summed E-state index contributed by atoms with van der Waals surface area (Å²) in [6.45, 7) is 0. The molecule has 320 valence electrons. The molecule has 0 unspecified atom stereocenters. The van der Waals surface area contributed by atoms with Crippen molar-refractivity contribution < 1.29 is 4.42 Å². The summed E-state index contributed by atoms with van der Waals surface area (Å²) in [5.41, 5.74) is 19.6. The molecule has 0 fully saturated rings. The number of hydrogen-bond donors (Lipinski definition) is 0. The zero-order chi connectivity index (χ0) is 45.2. The maximum Gasteiger partial charge on any atom is 0.227 e. The minimum absolute atomic E-state index is 0.596. The van der Waals surface area contributed by atoms with Gasteiger partial charge in [-0.1, -0.05) is 182 Å². The monoisotopic (exact) mass is 870 g/mol. The molecule has 5 nitrogen and oxygen atoms in total. The quantitative estimate of drug-likeness (QED) is 0.137. The summed E-state index contributed by atoms with van der Waals surface area (Å²) in [6.07, 6.45) is 0. The summed E-state index contributed by atoms with van der Waals surface area (Å²) in [7, 11) is 0. The van der Waals surface area contributed by atoms with Crippen molar-refractivity contribution in [3.63, 3.8) is 0 Å². The third-order valence-corrected chi connectivity index (χ3v) is 12.5. The van der Waals surface area contributed by atoms with Crippen molar-refractivity contribution in [2.24, 2.45) is 0 Å². The van der Waals surface area contributed by atoms with Crippen molar-refractivity contribution in [1.82, 2.24) is 15.0 Å². The van der Waals surface area contributed by atoms with E-state index in [4.69, 9.17) is 19.4 Å². The van der Waals surface area contributed by atoms with Gasteiger partial charge in [0.05, 0.1) is 22.4 Å². The molecular weight excluding hydrogens is 829 g/mol. The Labute approximate surface area is 395 Å². The van der Waals surface area contributed by atoms with E-state index in [0.717, 1.165) is 112 Å². The van der Waals surface area contributed by atoms with Crippen molar-refractivity contribution in [2.75, 3.05) is 4.90 Å². The standard InChI is InChI=1S/C63H42N4O/c1-5-17-43(18-6-1)48-23-15-25-50(41-48)55-39-40-56(51-26-16-24-49(42-51)44-19-7-2-8-20-44)62-61(55)65-59(45-21-9-3-10-22-45)60(66-62)46-31-35-53(36-32-46)67(52-27-11-4-12-28-52)54-37-33-47(34-38-54)63-64-57-29-13-14-30-58(57)68-63/h1-42H. The Hall–Kier alpha value is -9.19. The zero-order valence-corrected chi connectivity index (χ0v) is 36.9. The first-order chi connectivity index (χ1) is 33.7. The Morgan fingerprint density at radius 2 is 0.676 bits per heavy atom. The fourth-order valence-corrected chi connectivity index (χ4v) is 9.14. The van der Waals surface area contributed by atoms with Crippen LogP contribution in [-0.4, -0.2) is 15.0 Å². The number of rotatable bonds is 10. The summed E-state index contributed by atoms with van der Waals surface area (Å²) >= 11 is 0. The van der Waals surface area contributed by atoms with E-state index >= 15 is 0 Å². The Bertz CT molecular complexity index is 3670. The first-order valence-corrected chi connectivity index (χ1v) is 22.8. The average molecular weight is 871 g/mol. The second-order valence-electron chi connectivity index (χ2n) is 16.8. The number of anilines is 3. The number of nitrogens with zero attached hydrogens (tertiary/aromatic N) is 4. The second kappa shape index (κ2) is 17.7. The van der Waals surface area contributed by atoms with Gasteiger partial charge in [-0.15, -0.1) is 0 Å². The third-order valence-electron chi connectivity index (χ3n) is 12.5. The van der Waals surface area contributed by atoms with Gasteiger partial charge in [-0.25, -0.2) is 15.0 Å². The van der Waals surface area contributed by atoms with Crippen LogP contribution in [-0.2, 0) is 0 Å². The van der Waals surface area contributed by atoms with Gasteiger partial charge in [0.25, 0.3) is 0 Å². The van der Waals surface area contributed by atoms with Crippen LogP contribution in [0.5, 0.6) is 0 Å². The van der Waals surface area contributed by atoms with Crippen LogP contribution in [0.4, 0.5) is 17.1 Å². The first-order valence-electron chi connectivity index (χ1n) is 22.8. The molecule has 0 radical (unpaired) electrons. The van der Waals surface area contributed by atoms with E-state index in [1.165, 1.54) is 0 Å². The van der Waals surface area contributed by atoms with Crippen LogP contribution in [0, 0.1) is 0 Å². The normalized spacial score (nSPS) is 11.2. The van der Waals surface area contributed by atoms with Crippen LogP contribution in [0.2, 0.25) is 0 Å². The lowest BCUT2D eigenvalue weighted by molar-refractivity contribution is 0.620. The molecule has 2 aromatic heterocycles. The van der Waals surface area contributed by atoms with E-state index in [1.807, 2.05) is 36.4 Å². The lowest BCUT2D eigenvalue weighted by Gasteiger charge is -2.26. The van der Waals surface area contributed by atoms with E-state index in [1.54, 1.807) is 0 Å². The fraction of sp³-hybridized carbons (Fsp3) is 0. The number of fused-ring (bicyclic) bond motifs is 2. The van der Waals surface area contributed by atoms with E-state index < -0.39 is 0 Å². The van der Waals surface area contributed by atoms with Crippen LogP contribution in [0.1, 0.15) is 0 Å². The second-order valence-corrected chi connectivity index (χ2v) is 16.8.